The highest BCUT2D eigenvalue weighted by atomic mass is 35.5. The number of H-pyrrole nitrogens is 1. The number of hydrogen-bond acceptors (Lipinski definition) is 7. The molecule has 0 aliphatic rings. The van der Waals surface area contributed by atoms with E-state index in [1.54, 1.807) is 11.9 Å². The minimum Gasteiger partial charge on any atom is -0.461 e. The van der Waals surface area contributed by atoms with Gasteiger partial charge in [0.25, 0.3) is 11.8 Å². The number of methoxy groups -OCH3 is 1. The Labute approximate surface area is 211 Å². The predicted octanol–water partition coefficient (Wildman–Crippen LogP) is 4.26. The quantitative estimate of drug-likeness (QED) is 0.255. The van der Waals surface area contributed by atoms with Crippen LogP contribution in [0.5, 0.6) is 17.2 Å². The molecule has 9 nitrogen and oxygen atoms in total. The molecule has 1 aromatic heterocycles. The molecule has 0 saturated heterocycles. The molecule has 0 aliphatic heterocycles. The van der Waals surface area contributed by atoms with E-state index in [1.807, 2.05) is 0 Å². The fourth-order valence-electron chi connectivity index (χ4n) is 3.27. The van der Waals surface area contributed by atoms with Gasteiger partial charge in [-0.1, -0.05) is 23.7 Å². The Morgan fingerprint density at radius 2 is 1.78 bits per heavy atom. The van der Waals surface area contributed by atoms with E-state index in [2.05, 4.69) is 0 Å². The first kappa shape index (κ1) is 27.7. The highest BCUT2D eigenvalue weighted by Gasteiger charge is 2.39. The third kappa shape index (κ3) is 5.94. The molecule has 0 fully saturated rings. The van der Waals surface area contributed by atoms with Crippen molar-refractivity contribution in [2.45, 2.75) is 19.4 Å². The number of carbonyl (C=O) groups excluding carboxylic acids is 1. The highest BCUT2D eigenvalue weighted by Crippen LogP contribution is 2.41. The summed E-state index contributed by atoms with van der Waals surface area (Å²) in [6.45, 7) is 1.63. The summed E-state index contributed by atoms with van der Waals surface area (Å²) in [5.41, 5.74) is -6.46. The number of alkyl halides is 3. The third-order valence-corrected chi connectivity index (χ3v) is 5.18. The van der Waals surface area contributed by atoms with Gasteiger partial charge in [0.2, 0.25) is 0 Å². The normalized spacial score (nSPS) is 12.2. The molecule has 2 aromatic carbocycles. The fourth-order valence-corrected chi connectivity index (χ4v) is 3.46. The average molecular weight is 547 g/mol. The van der Waals surface area contributed by atoms with E-state index >= 15 is 0 Å². The van der Waals surface area contributed by atoms with Gasteiger partial charge in [0.1, 0.15) is 17.3 Å². The molecule has 3 aromatic rings. The van der Waals surface area contributed by atoms with Crippen molar-refractivity contribution in [3.63, 3.8) is 0 Å². The minimum absolute atomic E-state index is 0.0539. The summed E-state index contributed by atoms with van der Waals surface area (Å²) < 4.78 is 77.3. The number of ether oxygens (including phenoxy) is 4. The van der Waals surface area contributed by atoms with Gasteiger partial charge in [-0.15, -0.1) is 0 Å². The van der Waals surface area contributed by atoms with Crippen molar-refractivity contribution in [1.29, 1.82) is 0 Å². The van der Waals surface area contributed by atoms with Crippen LogP contribution in [0.2, 0.25) is 5.02 Å². The summed E-state index contributed by atoms with van der Waals surface area (Å²) in [6.07, 6.45) is -6.67. The first-order valence-electron chi connectivity index (χ1n) is 10.4. The number of benzene rings is 2. The van der Waals surface area contributed by atoms with Gasteiger partial charge >= 0.3 is 17.8 Å². The Morgan fingerprint density at radius 3 is 2.38 bits per heavy atom. The topological polar surface area (TPSA) is 109 Å². The van der Waals surface area contributed by atoms with E-state index in [-0.39, 0.29) is 33.4 Å². The SMILES string of the molecule is CCOC(=O)C(OC)Oc1ccccc1Oc1cc(-c2c(C(F)(F)F)n(C)c(=O)[nH]c2=O)c(F)cc1Cl. The van der Waals surface area contributed by atoms with Crippen LogP contribution in [0, 0.1) is 5.82 Å². The monoisotopic (exact) mass is 546 g/mol. The largest absolute Gasteiger partial charge is 0.461 e. The smallest absolute Gasteiger partial charge is 0.432 e. The van der Waals surface area contributed by atoms with Crippen molar-refractivity contribution in [2.75, 3.05) is 13.7 Å². The maximum Gasteiger partial charge on any atom is 0.432 e. The number of halogens is 5. The van der Waals surface area contributed by atoms with Crippen molar-refractivity contribution in [3.05, 3.63) is 73.8 Å². The van der Waals surface area contributed by atoms with Crippen molar-refractivity contribution in [3.8, 4) is 28.4 Å². The van der Waals surface area contributed by atoms with Crippen molar-refractivity contribution >= 4 is 17.6 Å². The number of carbonyl (C=O) groups is 1. The fraction of sp³-hybridized carbons (Fsp3) is 0.261. The van der Waals surface area contributed by atoms with Crippen LogP contribution in [0.1, 0.15) is 12.6 Å². The average Bonchev–Trinajstić information content (AvgIpc) is 2.81. The van der Waals surface area contributed by atoms with Crippen LogP contribution in [0.15, 0.2) is 46.0 Å². The second-order valence-electron chi connectivity index (χ2n) is 7.29. The number of rotatable bonds is 8. The predicted molar refractivity (Wildman–Crippen MR) is 122 cm³/mol. The number of nitrogens with one attached hydrogen (secondary N) is 1. The number of aromatic nitrogens is 2. The van der Waals surface area contributed by atoms with Gasteiger partial charge in [-0.25, -0.2) is 14.0 Å². The lowest BCUT2D eigenvalue weighted by atomic mass is 10.0. The lowest BCUT2D eigenvalue weighted by Crippen LogP contribution is -2.35. The second kappa shape index (κ2) is 11.0. The molecule has 198 valence electrons. The summed E-state index contributed by atoms with van der Waals surface area (Å²) in [5, 5.41) is -0.362. The van der Waals surface area contributed by atoms with E-state index in [0.717, 1.165) is 13.1 Å². The zero-order valence-electron chi connectivity index (χ0n) is 19.4. The van der Waals surface area contributed by atoms with Crippen LogP contribution < -0.4 is 20.7 Å². The summed E-state index contributed by atoms with van der Waals surface area (Å²) >= 11 is 6.07. The van der Waals surface area contributed by atoms with E-state index in [4.69, 9.17) is 30.5 Å². The molecule has 1 unspecified atom stereocenters. The molecule has 0 radical (unpaired) electrons. The Bertz CT molecular complexity index is 1440. The number of hydrogen-bond donors (Lipinski definition) is 1. The molecule has 0 aliphatic carbocycles. The zero-order valence-corrected chi connectivity index (χ0v) is 20.2. The van der Waals surface area contributed by atoms with E-state index < -0.39 is 52.3 Å². The van der Waals surface area contributed by atoms with Gasteiger partial charge in [-0.05, 0) is 31.2 Å². The molecule has 0 spiro atoms. The maximum atomic E-state index is 14.9. The van der Waals surface area contributed by atoms with Crippen LogP contribution in [0.25, 0.3) is 11.1 Å². The van der Waals surface area contributed by atoms with Gasteiger partial charge in [-0.3, -0.25) is 14.3 Å². The summed E-state index contributed by atoms with van der Waals surface area (Å²) in [6, 6.07) is 7.21. The van der Waals surface area contributed by atoms with E-state index in [9.17, 15) is 31.9 Å². The van der Waals surface area contributed by atoms with Crippen LogP contribution >= 0.6 is 11.6 Å². The van der Waals surface area contributed by atoms with Crippen molar-refractivity contribution in [1.82, 2.24) is 9.55 Å². The Kier molecular flexibility index (Phi) is 8.28. The van der Waals surface area contributed by atoms with Gasteiger partial charge < -0.3 is 18.9 Å². The lowest BCUT2D eigenvalue weighted by Gasteiger charge is -2.19. The zero-order chi connectivity index (χ0) is 27.5. The van der Waals surface area contributed by atoms with Crippen LogP contribution in [-0.4, -0.2) is 35.5 Å². The maximum absolute atomic E-state index is 14.9. The van der Waals surface area contributed by atoms with Crippen LogP contribution in [-0.2, 0) is 27.5 Å². The minimum atomic E-state index is -5.19. The molecule has 3 rings (SSSR count). The Balaban J connectivity index is 2.12. The number of aromatic amines is 1. The standard InChI is InChI=1S/C23H19ClF4N2O7/c1-4-35-20(32)21(34-3)37-15-8-6-5-7-14(15)36-16-9-11(13(25)10-12(16)24)17-18(23(26,27)28)30(2)22(33)29-19(17)31/h5-10,21H,4H2,1-3H3,(H,29,31,33). The summed E-state index contributed by atoms with van der Waals surface area (Å²) in [7, 11) is 1.97. The van der Waals surface area contributed by atoms with Crippen LogP contribution in [0.3, 0.4) is 0 Å². The third-order valence-electron chi connectivity index (χ3n) is 4.88. The first-order chi connectivity index (χ1) is 17.4. The Morgan fingerprint density at radius 1 is 1.14 bits per heavy atom. The van der Waals surface area contributed by atoms with E-state index in [0.29, 0.717) is 6.07 Å². The molecule has 1 heterocycles. The number of esters is 1. The lowest BCUT2D eigenvalue weighted by molar-refractivity contribution is -0.172. The Hall–Kier alpha value is -3.84. The molecule has 14 heteroatoms. The van der Waals surface area contributed by atoms with Gasteiger partial charge in [-0.2, -0.15) is 13.2 Å². The molecule has 0 bridgehead atoms. The van der Waals surface area contributed by atoms with Gasteiger partial charge in [0.05, 0.1) is 17.2 Å². The van der Waals surface area contributed by atoms with Crippen LogP contribution in [0.4, 0.5) is 17.6 Å². The number of nitrogens with zero attached hydrogens (tertiary/aromatic N) is 1. The first-order valence-corrected chi connectivity index (χ1v) is 10.8. The summed E-state index contributed by atoms with van der Waals surface area (Å²) in [5.74, 6) is -2.62. The van der Waals surface area contributed by atoms with Crippen molar-refractivity contribution in [2.24, 2.45) is 7.05 Å². The summed E-state index contributed by atoms with van der Waals surface area (Å²) in [4.78, 5) is 37.9. The van der Waals surface area contributed by atoms with Crippen molar-refractivity contribution < 1.29 is 41.3 Å². The molecular formula is C23H19ClF4N2O7. The second-order valence-corrected chi connectivity index (χ2v) is 7.70. The molecule has 0 amide bonds. The molecule has 1 atom stereocenters. The molecule has 37 heavy (non-hydrogen) atoms. The van der Waals surface area contributed by atoms with Gasteiger partial charge in [0, 0.05) is 19.7 Å². The molecular weight excluding hydrogens is 528 g/mol. The van der Waals surface area contributed by atoms with Gasteiger partial charge in [0.15, 0.2) is 11.5 Å². The highest BCUT2D eigenvalue weighted by molar-refractivity contribution is 6.32. The van der Waals surface area contributed by atoms with E-state index in [1.165, 1.54) is 31.4 Å². The molecule has 1 N–H and O–H groups in total. The molecule has 0 saturated carbocycles. The number of para-hydroxylation sites is 2.